The molecule has 2 aromatic rings. The molecule has 0 fully saturated rings. The van der Waals surface area contributed by atoms with Crippen LogP contribution in [0.25, 0.3) is 0 Å². The molecule has 0 bridgehead atoms. The van der Waals surface area contributed by atoms with E-state index in [4.69, 9.17) is 10.3 Å². The van der Waals surface area contributed by atoms with Gasteiger partial charge in [0.15, 0.2) is 5.82 Å². The molecule has 0 atom stereocenters. The Hall–Kier alpha value is -2.37. The minimum atomic E-state index is -0.321. The number of aryl methyl sites for hydroxylation is 1. The average molecular weight is 274 g/mol. The van der Waals surface area contributed by atoms with Gasteiger partial charge in [0.05, 0.1) is 16.9 Å². The van der Waals surface area contributed by atoms with Crippen molar-refractivity contribution in [2.45, 2.75) is 33.1 Å². The van der Waals surface area contributed by atoms with Gasteiger partial charge in [0.25, 0.3) is 5.91 Å². The molecular weight excluding hydrogens is 256 g/mol. The van der Waals surface area contributed by atoms with Gasteiger partial charge >= 0.3 is 0 Å². The Morgan fingerprint density at radius 1 is 1.35 bits per heavy atom. The summed E-state index contributed by atoms with van der Waals surface area (Å²) in [6.07, 6.45) is 1.48. The van der Waals surface area contributed by atoms with Gasteiger partial charge in [-0.05, 0) is 13.0 Å². The Kier molecular flexibility index (Phi) is 3.48. The topological polar surface area (TPSA) is 94.0 Å². The zero-order chi connectivity index (χ0) is 14.9. The lowest BCUT2D eigenvalue weighted by molar-refractivity contribution is 0.102. The minimum absolute atomic E-state index is 0.161. The van der Waals surface area contributed by atoms with Crippen LogP contribution in [0.4, 0.5) is 11.5 Å². The zero-order valence-electron chi connectivity index (χ0n) is 12.0. The molecule has 0 aliphatic rings. The second kappa shape index (κ2) is 4.96. The van der Waals surface area contributed by atoms with Crippen molar-refractivity contribution < 1.29 is 9.32 Å². The van der Waals surface area contributed by atoms with Crippen LogP contribution in [0, 0.1) is 6.92 Å². The van der Waals surface area contributed by atoms with Crippen LogP contribution >= 0.6 is 0 Å². The summed E-state index contributed by atoms with van der Waals surface area (Å²) in [6, 6.07) is 3.30. The van der Waals surface area contributed by atoms with Gasteiger partial charge in [-0.1, -0.05) is 25.9 Å². The fourth-order valence-corrected chi connectivity index (χ4v) is 1.55. The Morgan fingerprint density at radius 3 is 2.60 bits per heavy atom. The highest BCUT2D eigenvalue weighted by Gasteiger charge is 2.20. The SMILES string of the molecule is Cc1ncc(C(=O)Nc2cc(C(C)(C)C)on2)cc1N. The van der Waals surface area contributed by atoms with E-state index in [2.05, 4.69) is 15.5 Å². The summed E-state index contributed by atoms with van der Waals surface area (Å²) in [7, 11) is 0. The molecule has 0 aliphatic heterocycles. The van der Waals surface area contributed by atoms with E-state index in [1.165, 1.54) is 6.20 Å². The highest BCUT2D eigenvalue weighted by atomic mass is 16.5. The van der Waals surface area contributed by atoms with Crippen LogP contribution in [0.15, 0.2) is 22.9 Å². The Labute approximate surface area is 117 Å². The number of anilines is 2. The molecular formula is C14H18N4O2. The van der Waals surface area contributed by atoms with E-state index in [1.807, 2.05) is 20.8 Å². The standard InChI is InChI=1S/C14H18N4O2/c1-8-10(15)5-9(7-16-8)13(19)17-12-6-11(20-18-12)14(2,3)4/h5-7H,15H2,1-4H3,(H,17,18,19). The number of nitrogens with one attached hydrogen (secondary N) is 1. The molecule has 0 saturated carbocycles. The summed E-state index contributed by atoms with van der Waals surface area (Å²) in [5.74, 6) is 0.756. The molecule has 0 saturated heterocycles. The van der Waals surface area contributed by atoms with Gasteiger partial charge in [-0.2, -0.15) is 0 Å². The number of hydrogen-bond acceptors (Lipinski definition) is 5. The Bertz CT molecular complexity index is 641. The first-order chi connectivity index (χ1) is 9.27. The first-order valence-electron chi connectivity index (χ1n) is 6.28. The number of carbonyl (C=O) groups excluding carboxylic acids is 1. The summed E-state index contributed by atoms with van der Waals surface area (Å²) in [6.45, 7) is 7.79. The van der Waals surface area contributed by atoms with Crippen molar-refractivity contribution in [3.63, 3.8) is 0 Å². The fourth-order valence-electron chi connectivity index (χ4n) is 1.55. The molecule has 0 radical (unpaired) electrons. The lowest BCUT2D eigenvalue weighted by atomic mass is 9.93. The maximum Gasteiger partial charge on any atom is 0.258 e. The molecule has 0 spiro atoms. The van der Waals surface area contributed by atoms with Crippen LogP contribution in [-0.2, 0) is 5.41 Å². The molecule has 2 heterocycles. The van der Waals surface area contributed by atoms with Crippen molar-refractivity contribution in [2.24, 2.45) is 0 Å². The van der Waals surface area contributed by atoms with Crippen molar-refractivity contribution in [1.29, 1.82) is 0 Å². The van der Waals surface area contributed by atoms with E-state index in [0.717, 1.165) is 0 Å². The molecule has 3 N–H and O–H groups in total. The Balaban J connectivity index is 2.15. The van der Waals surface area contributed by atoms with Crippen molar-refractivity contribution >= 4 is 17.4 Å². The van der Waals surface area contributed by atoms with E-state index >= 15 is 0 Å². The average Bonchev–Trinajstić information content (AvgIpc) is 2.81. The summed E-state index contributed by atoms with van der Waals surface area (Å²) >= 11 is 0. The Morgan fingerprint density at radius 2 is 2.05 bits per heavy atom. The molecule has 2 aromatic heterocycles. The van der Waals surface area contributed by atoms with Crippen LogP contribution in [0.1, 0.15) is 42.6 Å². The second-order valence-electron chi connectivity index (χ2n) is 5.68. The van der Waals surface area contributed by atoms with Gasteiger partial charge in [0.1, 0.15) is 5.76 Å². The molecule has 0 aliphatic carbocycles. The highest BCUT2D eigenvalue weighted by Crippen LogP contribution is 2.24. The monoisotopic (exact) mass is 274 g/mol. The normalized spacial score (nSPS) is 11.4. The van der Waals surface area contributed by atoms with Gasteiger partial charge in [0, 0.05) is 17.7 Å². The number of aromatic nitrogens is 2. The van der Waals surface area contributed by atoms with Crippen LogP contribution in [-0.4, -0.2) is 16.0 Å². The number of hydrogen-bond donors (Lipinski definition) is 2. The maximum absolute atomic E-state index is 12.0. The molecule has 6 nitrogen and oxygen atoms in total. The summed E-state index contributed by atoms with van der Waals surface area (Å²) < 4.78 is 5.20. The van der Waals surface area contributed by atoms with Gasteiger partial charge in [-0.15, -0.1) is 0 Å². The first-order valence-corrected chi connectivity index (χ1v) is 6.28. The number of rotatable bonds is 2. The third-order valence-corrected chi connectivity index (χ3v) is 2.88. The molecule has 106 valence electrons. The van der Waals surface area contributed by atoms with Gasteiger partial charge in [0.2, 0.25) is 0 Å². The molecule has 0 unspecified atom stereocenters. The number of pyridine rings is 1. The second-order valence-corrected chi connectivity index (χ2v) is 5.68. The molecule has 20 heavy (non-hydrogen) atoms. The predicted octanol–water partition coefficient (Wildman–Crippen LogP) is 2.51. The summed E-state index contributed by atoms with van der Waals surface area (Å²) in [5, 5.41) is 6.49. The maximum atomic E-state index is 12.0. The van der Waals surface area contributed by atoms with Crippen LogP contribution in [0.3, 0.4) is 0 Å². The van der Waals surface area contributed by atoms with E-state index in [1.54, 1.807) is 19.1 Å². The molecule has 2 rings (SSSR count). The number of nitrogens with two attached hydrogens (primary N) is 1. The van der Waals surface area contributed by atoms with E-state index in [0.29, 0.717) is 28.5 Å². The first kappa shape index (κ1) is 14.0. The quantitative estimate of drug-likeness (QED) is 0.877. The molecule has 6 heteroatoms. The third kappa shape index (κ3) is 2.96. The molecule has 1 amide bonds. The van der Waals surface area contributed by atoms with Crippen molar-refractivity contribution in [2.75, 3.05) is 11.1 Å². The number of nitrogens with zero attached hydrogens (tertiary/aromatic N) is 2. The number of nitrogen functional groups attached to an aromatic ring is 1. The van der Waals surface area contributed by atoms with Gasteiger partial charge < -0.3 is 15.6 Å². The van der Waals surface area contributed by atoms with Gasteiger partial charge in [-0.3, -0.25) is 9.78 Å². The zero-order valence-corrected chi connectivity index (χ0v) is 12.0. The van der Waals surface area contributed by atoms with Crippen LogP contribution in [0.5, 0.6) is 0 Å². The smallest absolute Gasteiger partial charge is 0.258 e. The lowest BCUT2D eigenvalue weighted by Gasteiger charge is -2.12. The van der Waals surface area contributed by atoms with Crippen LogP contribution < -0.4 is 11.1 Å². The van der Waals surface area contributed by atoms with E-state index < -0.39 is 0 Å². The molecule has 0 aromatic carbocycles. The van der Waals surface area contributed by atoms with Crippen molar-refractivity contribution in [3.8, 4) is 0 Å². The lowest BCUT2D eigenvalue weighted by Crippen LogP contribution is -2.13. The number of amides is 1. The highest BCUT2D eigenvalue weighted by molar-refractivity contribution is 6.04. The van der Waals surface area contributed by atoms with Crippen LogP contribution in [0.2, 0.25) is 0 Å². The van der Waals surface area contributed by atoms with E-state index in [-0.39, 0.29) is 11.3 Å². The van der Waals surface area contributed by atoms with E-state index in [9.17, 15) is 4.79 Å². The fraction of sp³-hybridized carbons (Fsp3) is 0.357. The summed E-state index contributed by atoms with van der Waals surface area (Å²) in [5.41, 5.74) is 7.13. The minimum Gasteiger partial charge on any atom is -0.397 e. The van der Waals surface area contributed by atoms with Crippen molar-refractivity contribution in [3.05, 3.63) is 35.3 Å². The third-order valence-electron chi connectivity index (χ3n) is 2.88. The van der Waals surface area contributed by atoms with Gasteiger partial charge in [-0.25, -0.2) is 0 Å². The predicted molar refractivity (Wildman–Crippen MR) is 76.5 cm³/mol. The largest absolute Gasteiger partial charge is 0.397 e. The summed E-state index contributed by atoms with van der Waals surface area (Å²) in [4.78, 5) is 16.1. The van der Waals surface area contributed by atoms with Crippen molar-refractivity contribution in [1.82, 2.24) is 10.1 Å². The number of carbonyl (C=O) groups is 1.